The summed E-state index contributed by atoms with van der Waals surface area (Å²) in [5.41, 5.74) is 1.16. The summed E-state index contributed by atoms with van der Waals surface area (Å²) in [6.45, 7) is 1.91. The third-order valence-corrected chi connectivity index (χ3v) is 2.84. The fourth-order valence-electron chi connectivity index (χ4n) is 1.91. The molecule has 1 aromatic rings. The Morgan fingerprint density at radius 1 is 1.29 bits per heavy atom. The van der Waals surface area contributed by atoms with Crippen molar-refractivity contribution >= 4 is 0 Å². The maximum Gasteiger partial charge on any atom is 0.202 e. The molecule has 0 saturated carbocycles. The Kier molecular flexibility index (Phi) is 3.99. The predicted octanol–water partition coefficient (Wildman–Crippen LogP) is 1.23. The second kappa shape index (κ2) is 5.49. The van der Waals surface area contributed by atoms with Gasteiger partial charge in [-0.15, -0.1) is 0 Å². The zero-order valence-electron chi connectivity index (χ0n) is 9.87. The number of hydrogen-bond donors (Lipinski definition) is 2. The second-order valence-electron chi connectivity index (χ2n) is 4.43. The Balaban J connectivity index is 1.95. The summed E-state index contributed by atoms with van der Waals surface area (Å²) in [7, 11) is 0. The van der Waals surface area contributed by atoms with Gasteiger partial charge in [0.1, 0.15) is 5.75 Å². The van der Waals surface area contributed by atoms with Gasteiger partial charge in [0.25, 0.3) is 0 Å². The minimum atomic E-state index is -0.487. The highest BCUT2D eigenvalue weighted by atomic mass is 16.7. The summed E-state index contributed by atoms with van der Waals surface area (Å²) in [4.78, 5) is 0. The number of aliphatic hydroxyl groups excluding tert-OH is 2. The largest absolute Gasteiger partial charge is 0.465 e. The maximum atomic E-state index is 9.63. The highest BCUT2D eigenvalue weighted by Gasteiger charge is 2.29. The molecule has 2 N–H and O–H groups in total. The van der Waals surface area contributed by atoms with Gasteiger partial charge in [0, 0.05) is 12.8 Å². The average Bonchev–Trinajstić information content (AvgIpc) is 2.31. The van der Waals surface area contributed by atoms with Crippen molar-refractivity contribution in [2.75, 3.05) is 6.61 Å². The van der Waals surface area contributed by atoms with E-state index < -0.39 is 12.4 Å². The lowest BCUT2D eigenvalue weighted by atomic mass is 10.1. The molecule has 0 aromatic heterocycles. The molecular weight excluding hydrogens is 220 g/mol. The van der Waals surface area contributed by atoms with Crippen LogP contribution in [0.25, 0.3) is 0 Å². The number of aliphatic hydroxyl groups is 2. The summed E-state index contributed by atoms with van der Waals surface area (Å²) >= 11 is 0. The number of aryl methyl sites for hydroxylation is 1. The zero-order valence-corrected chi connectivity index (χ0v) is 9.87. The Bertz CT molecular complexity index is 349. The summed E-state index contributed by atoms with van der Waals surface area (Å²) in [6, 6.07) is 7.65. The molecule has 2 rings (SSSR count). The molecule has 0 radical (unpaired) electrons. The molecule has 1 aromatic carbocycles. The van der Waals surface area contributed by atoms with Crippen LogP contribution in [0.2, 0.25) is 0 Å². The van der Waals surface area contributed by atoms with Crippen LogP contribution in [0.15, 0.2) is 24.3 Å². The fourth-order valence-corrected chi connectivity index (χ4v) is 1.91. The van der Waals surface area contributed by atoms with Gasteiger partial charge < -0.3 is 19.7 Å². The molecule has 0 aliphatic carbocycles. The van der Waals surface area contributed by atoms with Crippen molar-refractivity contribution in [2.45, 2.75) is 38.3 Å². The monoisotopic (exact) mass is 238 g/mol. The van der Waals surface area contributed by atoms with Crippen molar-refractivity contribution in [3.63, 3.8) is 0 Å². The first-order chi connectivity index (χ1) is 8.17. The summed E-state index contributed by atoms with van der Waals surface area (Å²) < 4.78 is 11.1. The van der Waals surface area contributed by atoms with Crippen LogP contribution in [0.3, 0.4) is 0 Å². The molecule has 4 heteroatoms. The molecular formula is C13H18O4. The van der Waals surface area contributed by atoms with E-state index in [1.807, 2.05) is 31.2 Å². The molecule has 1 saturated heterocycles. The molecule has 1 aliphatic rings. The Hall–Kier alpha value is -1.10. The van der Waals surface area contributed by atoms with Gasteiger partial charge in [-0.1, -0.05) is 17.7 Å². The first-order valence-corrected chi connectivity index (χ1v) is 5.85. The van der Waals surface area contributed by atoms with E-state index in [2.05, 4.69) is 0 Å². The fraction of sp³-hybridized carbons (Fsp3) is 0.538. The van der Waals surface area contributed by atoms with Gasteiger partial charge in [-0.3, -0.25) is 0 Å². The zero-order chi connectivity index (χ0) is 12.3. The summed E-state index contributed by atoms with van der Waals surface area (Å²) in [5.74, 6) is 0.714. The Morgan fingerprint density at radius 2 is 2.00 bits per heavy atom. The molecule has 0 bridgehead atoms. The van der Waals surface area contributed by atoms with E-state index >= 15 is 0 Å². The molecule has 17 heavy (non-hydrogen) atoms. The quantitative estimate of drug-likeness (QED) is 0.831. The van der Waals surface area contributed by atoms with Crippen molar-refractivity contribution in [1.29, 1.82) is 0 Å². The van der Waals surface area contributed by atoms with E-state index in [4.69, 9.17) is 14.6 Å². The van der Waals surface area contributed by atoms with Crippen LogP contribution in [0.4, 0.5) is 0 Å². The van der Waals surface area contributed by atoms with Gasteiger partial charge in [0.15, 0.2) is 0 Å². The van der Waals surface area contributed by atoms with Crippen molar-refractivity contribution in [1.82, 2.24) is 0 Å². The third-order valence-electron chi connectivity index (χ3n) is 2.84. The maximum absolute atomic E-state index is 9.63. The van der Waals surface area contributed by atoms with Crippen molar-refractivity contribution in [3.05, 3.63) is 29.8 Å². The van der Waals surface area contributed by atoms with Crippen LogP contribution in [0.1, 0.15) is 18.4 Å². The van der Waals surface area contributed by atoms with Gasteiger partial charge >= 0.3 is 0 Å². The lowest BCUT2D eigenvalue weighted by molar-refractivity contribution is -0.184. The SMILES string of the molecule is Cc1ccc(O[C@@H]2CC(O)CC(CO)O2)cc1. The van der Waals surface area contributed by atoms with Gasteiger partial charge in [-0.25, -0.2) is 0 Å². The summed E-state index contributed by atoms with van der Waals surface area (Å²) in [5, 5.41) is 18.7. The van der Waals surface area contributed by atoms with Crippen LogP contribution in [-0.2, 0) is 4.74 Å². The standard InChI is InChI=1S/C13H18O4/c1-9-2-4-11(5-3-9)16-13-7-10(15)6-12(8-14)17-13/h2-5,10,12-15H,6-8H2,1H3/t10?,12?,13-/m0/s1. The van der Waals surface area contributed by atoms with Crippen molar-refractivity contribution in [2.24, 2.45) is 0 Å². The van der Waals surface area contributed by atoms with Crippen LogP contribution in [0, 0.1) is 6.92 Å². The van der Waals surface area contributed by atoms with E-state index in [1.54, 1.807) is 0 Å². The van der Waals surface area contributed by atoms with Crippen molar-refractivity contribution in [3.8, 4) is 5.75 Å². The lowest BCUT2D eigenvalue weighted by Crippen LogP contribution is -2.40. The van der Waals surface area contributed by atoms with Crippen LogP contribution in [0.5, 0.6) is 5.75 Å². The molecule has 3 atom stereocenters. The minimum Gasteiger partial charge on any atom is -0.465 e. The third kappa shape index (κ3) is 3.43. The number of ether oxygens (including phenoxy) is 2. The van der Waals surface area contributed by atoms with E-state index in [1.165, 1.54) is 0 Å². The number of benzene rings is 1. The molecule has 1 aliphatic heterocycles. The molecule has 0 spiro atoms. The Morgan fingerprint density at radius 3 is 2.65 bits per heavy atom. The van der Waals surface area contributed by atoms with E-state index in [0.29, 0.717) is 18.6 Å². The molecule has 94 valence electrons. The number of rotatable bonds is 3. The smallest absolute Gasteiger partial charge is 0.202 e. The van der Waals surface area contributed by atoms with Crippen LogP contribution < -0.4 is 4.74 Å². The van der Waals surface area contributed by atoms with E-state index in [-0.39, 0.29) is 12.7 Å². The van der Waals surface area contributed by atoms with Crippen LogP contribution >= 0.6 is 0 Å². The van der Waals surface area contributed by atoms with Gasteiger partial charge in [0.05, 0.1) is 18.8 Å². The predicted molar refractivity (Wildman–Crippen MR) is 62.8 cm³/mol. The van der Waals surface area contributed by atoms with Gasteiger partial charge in [-0.05, 0) is 19.1 Å². The average molecular weight is 238 g/mol. The molecule has 0 amide bonds. The molecule has 1 heterocycles. The Labute approximate surface area is 101 Å². The summed E-state index contributed by atoms with van der Waals surface area (Å²) in [6.07, 6.45) is -0.404. The highest BCUT2D eigenvalue weighted by molar-refractivity contribution is 5.26. The topological polar surface area (TPSA) is 58.9 Å². The molecule has 1 fully saturated rings. The molecule has 2 unspecified atom stereocenters. The van der Waals surface area contributed by atoms with Crippen molar-refractivity contribution < 1.29 is 19.7 Å². The number of hydrogen-bond acceptors (Lipinski definition) is 4. The highest BCUT2D eigenvalue weighted by Crippen LogP contribution is 2.23. The van der Waals surface area contributed by atoms with Gasteiger partial charge in [-0.2, -0.15) is 0 Å². The van der Waals surface area contributed by atoms with E-state index in [9.17, 15) is 5.11 Å². The lowest BCUT2D eigenvalue weighted by Gasteiger charge is -2.32. The van der Waals surface area contributed by atoms with Crippen LogP contribution in [-0.4, -0.2) is 35.3 Å². The normalized spacial score (nSPS) is 29.0. The first-order valence-electron chi connectivity index (χ1n) is 5.85. The first kappa shape index (κ1) is 12.4. The second-order valence-corrected chi connectivity index (χ2v) is 4.43. The minimum absolute atomic E-state index is 0.0924. The van der Waals surface area contributed by atoms with Gasteiger partial charge in [0.2, 0.25) is 6.29 Å². The van der Waals surface area contributed by atoms with E-state index in [0.717, 1.165) is 5.56 Å². The molecule has 4 nitrogen and oxygen atoms in total.